The molecule has 0 amide bonds. The second kappa shape index (κ2) is 3.85. The van der Waals surface area contributed by atoms with Crippen molar-refractivity contribution in [1.29, 1.82) is 0 Å². The molecule has 4 fully saturated rings. The normalized spacial score (nSPS) is 46.0. The quantitative estimate of drug-likeness (QED) is 0.421. The molecule has 0 spiro atoms. The minimum absolute atomic E-state index is 0. The van der Waals surface area contributed by atoms with Crippen molar-refractivity contribution < 1.29 is 5.03 Å². The van der Waals surface area contributed by atoms with Gasteiger partial charge in [0.05, 0.1) is 5.54 Å². The number of hydrogen-bond donors (Lipinski definition) is 1. The molecule has 4 bridgehead atoms. The summed E-state index contributed by atoms with van der Waals surface area (Å²) in [5, 5.41) is 10.3. The summed E-state index contributed by atoms with van der Waals surface area (Å²) in [5.41, 5.74) is 2.48. The van der Waals surface area contributed by atoms with E-state index < -0.39 is 0 Å². The molecular weight excluding hydrogens is 387 g/mol. The average Bonchev–Trinajstić information content (AvgIpc) is 1.96. The van der Waals surface area contributed by atoms with Gasteiger partial charge in [-0.2, -0.15) is 0 Å². The van der Waals surface area contributed by atoms with Crippen LogP contribution in [0.15, 0.2) is 0 Å². The van der Waals surface area contributed by atoms with Gasteiger partial charge in [-0.1, -0.05) is 0 Å². The van der Waals surface area contributed by atoms with Crippen molar-refractivity contribution in [3.8, 4) is 0 Å². The number of rotatable bonds is 2. The van der Waals surface area contributed by atoms with E-state index in [1.165, 1.54) is 19.3 Å². The van der Waals surface area contributed by atoms with Crippen LogP contribution in [-0.4, -0.2) is 37.9 Å². The zero-order chi connectivity index (χ0) is 9.76. The Hall–Kier alpha value is 0.122. The van der Waals surface area contributed by atoms with Crippen molar-refractivity contribution in [2.75, 3.05) is 0 Å². The molecule has 4 saturated carbocycles. The number of hydrogen-bond acceptors (Lipinski definition) is 2. The van der Waals surface area contributed by atoms with Crippen LogP contribution < -0.4 is 5.43 Å². The van der Waals surface area contributed by atoms with Gasteiger partial charge in [0.25, 0.3) is 0 Å². The first kappa shape index (κ1) is 11.6. The topological polar surface area (TPSA) is 55.2 Å². The second-order valence-electron chi connectivity index (χ2n) is 5.57. The van der Waals surface area contributed by atoms with Gasteiger partial charge in [0.1, 0.15) is 0 Å². The van der Waals surface area contributed by atoms with E-state index >= 15 is 0 Å². The Kier molecular flexibility index (Phi) is 2.98. The standard InChI is InChI=1S/C10H16N2O2.Pb.2H/c13-12(14)11-10-4-7-1-8(5-10)3-9(2-7)6-10;;;/h7-9,11H,1-6H2;;;. The fraction of sp³-hybridized carbons (Fsp3) is 1.00. The molecule has 5 heteroatoms. The minimum atomic E-state index is -0.326. The summed E-state index contributed by atoms with van der Waals surface area (Å²) in [5.74, 6) is 2.32. The van der Waals surface area contributed by atoms with Crippen LogP contribution in [-0.2, 0) is 0 Å². The predicted molar refractivity (Wildman–Crippen MR) is 59.6 cm³/mol. The first-order chi connectivity index (χ1) is 6.65. The van der Waals surface area contributed by atoms with Crippen molar-refractivity contribution in [2.45, 2.75) is 44.1 Å². The van der Waals surface area contributed by atoms with E-state index in [-0.39, 0.29) is 37.9 Å². The van der Waals surface area contributed by atoms with E-state index in [4.69, 9.17) is 0 Å². The van der Waals surface area contributed by atoms with Crippen LogP contribution in [0.2, 0.25) is 0 Å². The summed E-state index contributed by atoms with van der Waals surface area (Å²) in [7, 11) is 0. The number of nitrogens with one attached hydrogen (secondary N) is 1. The Morgan fingerprint density at radius 3 is 1.80 bits per heavy atom. The van der Waals surface area contributed by atoms with E-state index in [1.54, 1.807) is 0 Å². The van der Waals surface area contributed by atoms with Gasteiger partial charge in [0.2, 0.25) is 0 Å². The van der Waals surface area contributed by atoms with Crippen LogP contribution >= 0.6 is 0 Å². The van der Waals surface area contributed by atoms with Crippen LogP contribution in [0.4, 0.5) is 0 Å². The molecule has 4 aliphatic carbocycles. The van der Waals surface area contributed by atoms with Gasteiger partial charge in [-0.05, 0) is 56.3 Å². The van der Waals surface area contributed by atoms with Crippen LogP contribution in [0.25, 0.3) is 0 Å². The third kappa shape index (κ3) is 2.01. The molecule has 0 saturated heterocycles. The molecule has 4 nitrogen and oxygen atoms in total. The Morgan fingerprint density at radius 2 is 1.47 bits per heavy atom. The van der Waals surface area contributed by atoms with Gasteiger partial charge >= 0.3 is 27.3 Å². The van der Waals surface area contributed by atoms with E-state index in [0.717, 1.165) is 37.0 Å². The van der Waals surface area contributed by atoms with Crippen LogP contribution in [0.3, 0.4) is 0 Å². The third-order valence-corrected chi connectivity index (χ3v) is 4.37. The third-order valence-electron chi connectivity index (χ3n) is 4.37. The van der Waals surface area contributed by atoms with Crippen molar-refractivity contribution in [3.05, 3.63) is 10.1 Å². The van der Waals surface area contributed by atoms with Crippen molar-refractivity contribution in [1.82, 2.24) is 5.43 Å². The predicted octanol–water partition coefficient (Wildman–Crippen LogP) is 0.820. The first-order valence-electron chi connectivity index (χ1n) is 5.57. The van der Waals surface area contributed by atoms with E-state index in [9.17, 15) is 10.1 Å². The van der Waals surface area contributed by atoms with Gasteiger partial charge in [0.15, 0.2) is 5.03 Å². The molecular formula is C10H18N2O2Pb. The maximum atomic E-state index is 10.6. The van der Waals surface area contributed by atoms with E-state index in [0.29, 0.717) is 0 Å². The number of nitro groups is 1. The van der Waals surface area contributed by atoms with Gasteiger partial charge < -0.3 is 0 Å². The first-order valence-corrected chi connectivity index (χ1v) is 5.57. The second-order valence-corrected chi connectivity index (χ2v) is 5.57. The van der Waals surface area contributed by atoms with Crippen molar-refractivity contribution >= 4 is 27.3 Å². The molecule has 1 N–H and O–H groups in total. The molecule has 0 aliphatic heterocycles. The van der Waals surface area contributed by atoms with Gasteiger partial charge in [-0.15, -0.1) is 5.43 Å². The Bertz CT molecular complexity index is 247. The van der Waals surface area contributed by atoms with Crippen LogP contribution in [0.1, 0.15) is 38.5 Å². The van der Waals surface area contributed by atoms with Gasteiger partial charge in [0, 0.05) is 0 Å². The maximum absolute atomic E-state index is 10.6. The SMILES string of the molecule is O=[N+]([O-])NC12CC3CC(CC(C3)C1)C2.[PbH2]. The monoisotopic (exact) mass is 406 g/mol. The van der Waals surface area contributed by atoms with Crippen LogP contribution in [0.5, 0.6) is 0 Å². The summed E-state index contributed by atoms with van der Waals surface area (Å²) in [4.78, 5) is 10.6. The molecule has 0 aromatic rings. The zero-order valence-electron chi connectivity index (χ0n) is 8.95. The molecule has 15 heavy (non-hydrogen) atoms. The van der Waals surface area contributed by atoms with Gasteiger partial charge in [-0.3, -0.25) is 0 Å². The summed E-state index contributed by atoms with van der Waals surface area (Å²) in [6, 6.07) is 0. The van der Waals surface area contributed by atoms with Crippen LogP contribution in [0, 0.1) is 27.9 Å². The molecule has 0 heterocycles. The summed E-state index contributed by atoms with van der Waals surface area (Å²) >= 11 is 0. The molecule has 4 rings (SSSR count). The van der Waals surface area contributed by atoms with Crippen molar-refractivity contribution in [2.24, 2.45) is 17.8 Å². The Balaban J connectivity index is 0.000000853. The molecule has 0 atom stereocenters. The summed E-state index contributed by atoms with van der Waals surface area (Å²) in [6.07, 6.45) is 7.12. The molecule has 2 radical (unpaired) electrons. The van der Waals surface area contributed by atoms with E-state index in [1.807, 2.05) is 0 Å². The van der Waals surface area contributed by atoms with Gasteiger partial charge in [-0.25, -0.2) is 10.1 Å². The molecule has 84 valence electrons. The Labute approximate surface area is 109 Å². The average molecular weight is 405 g/mol. The van der Waals surface area contributed by atoms with E-state index in [2.05, 4.69) is 5.43 Å². The Morgan fingerprint density at radius 1 is 1.07 bits per heavy atom. The van der Waals surface area contributed by atoms with Crippen molar-refractivity contribution in [3.63, 3.8) is 0 Å². The molecule has 4 aliphatic rings. The number of nitrogens with zero attached hydrogens (tertiary/aromatic N) is 1. The summed E-state index contributed by atoms with van der Waals surface area (Å²) in [6.45, 7) is 0. The number of hydrazine groups is 1. The molecule has 0 aromatic heterocycles. The summed E-state index contributed by atoms with van der Waals surface area (Å²) < 4.78 is 0. The fourth-order valence-electron chi connectivity index (χ4n) is 4.44. The molecule has 0 aromatic carbocycles. The fourth-order valence-corrected chi connectivity index (χ4v) is 4.44. The molecule has 0 unspecified atom stereocenters. The zero-order valence-corrected chi connectivity index (χ0v) is 14.4.